The van der Waals surface area contributed by atoms with Gasteiger partial charge in [-0.2, -0.15) is 22.0 Å². The smallest absolute Gasteiger partial charge is 0.423 e. The normalized spacial score (nSPS) is 12.7. The van der Waals surface area contributed by atoms with Crippen LogP contribution in [0.15, 0.2) is 24.3 Å². The Morgan fingerprint density at radius 1 is 1.00 bits per heavy atom. The lowest BCUT2D eigenvalue weighted by molar-refractivity contribution is -0.289. The minimum absolute atomic E-state index is 0.401. The molecule has 1 aromatic carbocycles. The highest BCUT2D eigenvalue weighted by molar-refractivity contribution is 6.58. The van der Waals surface area contributed by atoms with Gasteiger partial charge in [0.2, 0.25) is 0 Å². The Hall–Kier alpha value is -1.15. The van der Waals surface area contributed by atoms with Gasteiger partial charge in [0.1, 0.15) is 0 Å². The van der Waals surface area contributed by atoms with E-state index in [1.54, 1.807) is 0 Å². The fraction of sp³-hybridized carbons (Fsp3) is 0.250. The Morgan fingerprint density at radius 3 is 2.00 bits per heavy atom. The quantitative estimate of drug-likeness (QED) is 0.598. The monoisotopic (exact) mass is 240 g/mol. The third-order valence-electron chi connectivity index (χ3n) is 1.90. The van der Waals surface area contributed by atoms with Crippen LogP contribution in [0, 0.1) is 0 Å². The first-order valence-electron chi connectivity index (χ1n) is 4.07. The van der Waals surface area contributed by atoms with E-state index in [4.69, 9.17) is 10.0 Å². The van der Waals surface area contributed by atoms with E-state index in [-0.39, 0.29) is 0 Å². The molecule has 0 aliphatic heterocycles. The first-order chi connectivity index (χ1) is 7.16. The third-order valence-corrected chi connectivity index (χ3v) is 1.90. The van der Waals surface area contributed by atoms with E-state index in [1.807, 2.05) is 0 Å². The number of halogens is 5. The van der Waals surface area contributed by atoms with Crippen molar-refractivity contribution in [1.82, 2.24) is 0 Å². The second-order valence-corrected chi connectivity index (χ2v) is 3.07. The van der Waals surface area contributed by atoms with Gasteiger partial charge in [-0.05, 0) is 5.46 Å². The van der Waals surface area contributed by atoms with Crippen LogP contribution in [0.25, 0.3) is 0 Å². The van der Waals surface area contributed by atoms with E-state index in [1.165, 1.54) is 0 Å². The molecule has 0 heterocycles. The van der Waals surface area contributed by atoms with Crippen molar-refractivity contribution in [3.05, 3.63) is 29.8 Å². The van der Waals surface area contributed by atoms with Crippen molar-refractivity contribution in [2.24, 2.45) is 0 Å². The predicted molar refractivity (Wildman–Crippen MR) is 46.2 cm³/mol. The SMILES string of the molecule is OB(O)c1cccc(C(F)(F)C(F)(F)F)c1. The average Bonchev–Trinajstić information content (AvgIpc) is 2.16. The van der Waals surface area contributed by atoms with Gasteiger partial charge >= 0.3 is 19.2 Å². The maximum Gasteiger partial charge on any atom is 0.488 e. The molecule has 2 nitrogen and oxygen atoms in total. The van der Waals surface area contributed by atoms with Gasteiger partial charge in [0, 0.05) is 5.56 Å². The molecule has 0 saturated heterocycles. The molecule has 16 heavy (non-hydrogen) atoms. The Balaban J connectivity index is 3.19. The van der Waals surface area contributed by atoms with E-state index in [0.717, 1.165) is 12.1 Å². The lowest BCUT2D eigenvalue weighted by Crippen LogP contribution is -2.36. The number of alkyl halides is 5. The van der Waals surface area contributed by atoms with Crippen LogP contribution in [0.3, 0.4) is 0 Å². The second kappa shape index (κ2) is 4.02. The molecule has 0 aromatic heterocycles. The van der Waals surface area contributed by atoms with Crippen molar-refractivity contribution in [2.45, 2.75) is 12.1 Å². The number of rotatable bonds is 2. The summed E-state index contributed by atoms with van der Waals surface area (Å²) in [6, 6.07) is 2.89. The summed E-state index contributed by atoms with van der Waals surface area (Å²) in [6.45, 7) is 0. The van der Waals surface area contributed by atoms with E-state index >= 15 is 0 Å². The van der Waals surface area contributed by atoms with E-state index < -0.39 is 30.2 Å². The van der Waals surface area contributed by atoms with E-state index in [2.05, 4.69) is 0 Å². The van der Waals surface area contributed by atoms with Crippen molar-refractivity contribution in [1.29, 1.82) is 0 Å². The molecule has 0 aliphatic carbocycles. The summed E-state index contributed by atoms with van der Waals surface area (Å²) < 4.78 is 61.6. The lowest BCUT2D eigenvalue weighted by Gasteiger charge is -2.20. The van der Waals surface area contributed by atoms with Crippen LogP contribution in [0.4, 0.5) is 22.0 Å². The fourth-order valence-corrected chi connectivity index (χ4v) is 1.06. The van der Waals surface area contributed by atoms with Crippen molar-refractivity contribution in [3.8, 4) is 0 Å². The Bertz CT molecular complexity index is 377. The predicted octanol–water partition coefficient (Wildman–Crippen LogP) is 1.02. The number of benzene rings is 1. The highest BCUT2D eigenvalue weighted by Crippen LogP contribution is 2.43. The summed E-state index contributed by atoms with van der Waals surface area (Å²) in [5.41, 5.74) is -1.76. The molecule has 0 spiro atoms. The molecule has 1 rings (SSSR count). The molecular weight excluding hydrogens is 234 g/mol. The van der Waals surface area contributed by atoms with Crippen molar-refractivity contribution in [3.63, 3.8) is 0 Å². The van der Waals surface area contributed by atoms with Gasteiger partial charge < -0.3 is 10.0 Å². The lowest BCUT2D eigenvalue weighted by atomic mass is 9.79. The summed E-state index contributed by atoms with van der Waals surface area (Å²) >= 11 is 0. The molecule has 0 amide bonds. The minimum atomic E-state index is -5.72. The molecule has 0 saturated carbocycles. The Labute approximate surface area is 87.5 Å². The second-order valence-electron chi connectivity index (χ2n) is 3.07. The van der Waals surface area contributed by atoms with E-state index in [0.29, 0.717) is 12.1 Å². The number of hydrogen-bond acceptors (Lipinski definition) is 2. The Morgan fingerprint density at radius 2 is 1.56 bits per heavy atom. The summed E-state index contributed by atoms with van der Waals surface area (Å²) in [5, 5.41) is 17.3. The van der Waals surface area contributed by atoms with Crippen LogP contribution in [0.5, 0.6) is 0 Å². The zero-order valence-corrected chi connectivity index (χ0v) is 7.67. The summed E-state index contributed by atoms with van der Waals surface area (Å²) in [7, 11) is -2.09. The van der Waals surface area contributed by atoms with Crippen molar-refractivity contribution in [2.75, 3.05) is 0 Å². The zero-order valence-electron chi connectivity index (χ0n) is 7.67. The van der Waals surface area contributed by atoms with Crippen LogP contribution in [-0.2, 0) is 5.92 Å². The van der Waals surface area contributed by atoms with Crippen LogP contribution in [-0.4, -0.2) is 23.3 Å². The summed E-state index contributed by atoms with van der Waals surface area (Å²) in [4.78, 5) is 0. The van der Waals surface area contributed by atoms with Crippen LogP contribution in [0.1, 0.15) is 5.56 Å². The van der Waals surface area contributed by atoms with Gasteiger partial charge in [-0.1, -0.05) is 24.3 Å². The molecule has 0 atom stereocenters. The van der Waals surface area contributed by atoms with Crippen LogP contribution < -0.4 is 5.46 Å². The van der Waals surface area contributed by atoms with Crippen molar-refractivity contribution >= 4 is 12.6 Å². The van der Waals surface area contributed by atoms with Crippen LogP contribution in [0.2, 0.25) is 0 Å². The van der Waals surface area contributed by atoms with Gasteiger partial charge in [-0.3, -0.25) is 0 Å². The average molecular weight is 240 g/mol. The molecule has 0 aliphatic rings. The molecule has 0 fully saturated rings. The first kappa shape index (κ1) is 12.9. The van der Waals surface area contributed by atoms with Crippen molar-refractivity contribution < 1.29 is 32.0 Å². The highest BCUT2D eigenvalue weighted by Gasteiger charge is 2.58. The Kier molecular flexibility index (Phi) is 3.25. The molecule has 8 heteroatoms. The topological polar surface area (TPSA) is 40.5 Å². The minimum Gasteiger partial charge on any atom is -0.423 e. The van der Waals surface area contributed by atoms with Gasteiger partial charge in [0.25, 0.3) is 0 Å². The number of hydrogen-bond donors (Lipinski definition) is 2. The molecule has 0 radical (unpaired) electrons. The molecule has 0 unspecified atom stereocenters. The van der Waals surface area contributed by atoms with Gasteiger partial charge in [-0.15, -0.1) is 0 Å². The standard InChI is InChI=1S/C8H6BF5O2/c10-7(11,8(12,13)14)5-2-1-3-6(4-5)9(15)16/h1-4,15-16H. The molecule has 88 valence electrons. The maximum atomic E-state index is 12.8. The maximum absolute atomic E-state index is 12.8. The fourth-order valence-electron chi connectivity index (χ4n) is 1.06. The molecule has 2 N–H and O–H groups in total. The van der Waals surface area contributed by atoms with Gasteiger partial charge in [0.05, 0.1) is 0 Å². The largest absolute Gasteiger partial charge is 0.488 e. The van der Waals surface area contributed by atoms with Crippen LogP contribution >= 0.6 is 0 Å². The third kappa shape index (κ3) is 2.33. The van der Waals surface area contributed by atoms with Gasteiger partial charge in [0.15, 0.2) is 0 Å². The summed E-state index contributed by atoms with van der Waals surface area (Å²) in [5.74, 6) is -5.02. The molecular formula is C8H6BF5O2. The highest BCUT2D eigenvalue weighted by atomic mass is 19.4. The van der Waals surface area contributed by atoms with E-state index in [9.17, 15) is 22.0 Å². The summed E-state index contributed by atoms with van der Waals surface area (Å²) in [6.07, 6.45) is -5.72. The first-order valence-corrected chi connectivity index (χ1v) is 4.07. The molecule has 0 bridgehead atoms. The zero-order chi connectivity index (χ0) is 12.6. The molecule has 1 aromatic rings. The van der Waals surface area contributed by atoms with Gasteiger partial charge in [-0.25, -0.2) is 0 Å².